The van der Waals surface area contributed by atoms with Gasteiger partial charge in [0.2, 0.25) is 11.8 Å². The van der Waals surface area contributed by atoms with E-state index >= 15 is 0 Å². The van der Waals surface area contributed by atoms with E-state index in [1.165, 1.54) is 17.0 Å². The van der Waals surface area contributed by atoms with Gasteiger partial charge >= 0.3 is 0 Å². The van der Waals surface area contributed by atoms with Gasteiger partial charge in [-0.05, 0) is 74.7 Å². The summed E-state index contributed by atoms with van der Waals surface area (Å²) in [5, 5.41) is 3.48. The maximum absolute atomic E-state index is 14.0. The number of sulfonamides is 1. The van der Waals surface area contributed by atoms with Crippen molar-refractivity contribution in [1.82, 2.24) is 10.2 Å². The minimum absolute atomic E-state index is 0.0476. The van der Waals surface area contributed by atoms with Crippen molar-refractivity contribution < 1.29 is 18.0 Å². The topological polar surface area (TPSA) is 86.8 Å². The highest BCUT2D eigenvalue weighted by Gasteiger charge is 2.33. The average molecular weight is 591 g/mol. The van der Waals surface area contributed by atoms with Crippen LogP contribution in [-0.2, 0) is 26.2 Å². The summed E-state index contributed by atoms with van der Waals surface area (Å²) in [5.74, 6) is -0.943. The van der Waals surface area contributed by atoms with Gasteiger partial charge in [0.1, 0.15) is 12.6 Å². The lowest BCUT2D eigenvalue weighted by Gasteiger charge is -2.32. The van der Waals surface area contributed by atoms with E-state index in [1.807, 2.05) is 26.8 Å². The number of amides is 2. The summed E-state index contributed by atoms with van der Waals surface area (Å²) < 4.78 is 28.8. The molecule has 0 unspecified atom stereocenters. The molecule has 3 aromatic carbocycles. The van der Waals surface area contributed by atoms with Crippen molar-refractivity contribution in [2.24, 2.45) is 0 Å². The van der Waals surface area contributed by atoms with E-state index in [1.54, 1.807) is 55.5 Å². The van der Waals surface area contributed by atoms with E-state index in [4.69, 9.17) is 23.2 Å². The fourth-order valence-corrected chi connectivity index (χ4v) is 6.11. The number of rotatable bonds is 11. The first-order valence-electron chi connectivity index (χ1n) is 12.6. The second-order valence-corrected chi connectivity index (χ2v) is 12.0. The predicted octanol–water partition coefficient (Wildman–Crippen LogP) is 5.75. The Morgan fingerprint density at radius 2 is 1.51 bits per heavy atom. The number of carbonyl (C=O) groups is 2. The Morgan fingerprint density at radius 3 is 2.08 bits per heavy atom. The quantitative estimate of drug-likeness (QED) is 0.308. The number of anilines is 1. The average Bonchev–Trinajstić information content (AvgIpc) is 2.89. The molecular weight excluding hydrogens is 557 g/mol. The molecule has 10 heteroatoms. The fourth-order valence-electron chi connectivity index (χ4n) is 4.18. The molecule has 39 heavy (non-hydrogen) atoms. The zero-order chi connectivity index (χ0) is 28.7. The van der Waals surface area contributed by atoms with Crippen molar-refractivity contribution in [2.75, 3.05) is 17.4 Å². The Hall–Kier alpha value is -3.07. The van der Waals surface area contributed by atoms with E-state index < -0.39 is 28.5 Å². The van der Waals surface area contributed by atoms with Crippen LogP contribution in [0.15, 0.2) is 71.6 Å². The Kier molecular flexibility index (Phi) is 10.4. The molecule has 7 nitrogen and oxygen atoms in total. The van der Waals surface area contributed by atoms with E-state index in [0.717, 1.165) is 21.9 Å². The lowest BCUT2D eigenvalue weighted by Crippen LogP contribution is -2.51. The summed E-state index contributed by atoms with van der Waals surface area (Å²) in [4.78, 5) is 28.3. The van der Waals surface area contributed by atoms with Crippen LogP contribution in [0.25, 0.3) is 0 Å². The second-order valence-electron chi connectivity index (χ2n) is 9.36. The van der Waals surface area contributed by atoms with Crippen LogP contribution in [0.3, 0.4) is 0 Å². The zero-order valence-electron chi connectivity index (χ0n) is 22.4. The van der Waals surface area contributed by atoms with Gasteiger partial charge in [-0.1, -0.05) is 60.5 Å². The number of carbonyl (C=O) groups excluding carboxylic acids is 2. The van der Waals surface area contributed by atoms with Gasteiger partial charge in [0, 0.05) is 28.7 Å². The summed E-state index contributed by atoms with van der Waals surface area (Å²) in [6, 6.07) is 17.4. The van der Waals surface area contributed by atoms with Crippen LogP contribution < -0.4 is 9.62 Å². The van der Waals surface area contributed by atoms with Crippen LogP contribution in [-0.4, -0.2) is 44.3 Å². The van der Waals surface area contributed by atoms with E-state index in [9.17, 15) is 18.0 Å². The standard InChI is InChI=1S/C29H33Cl2N3O4S/c1-5-14-32-29(36)22(4)33(18-25-26(30)12-9-13-27(25)31)28(35)19-34(23-16-20(2)15-21(3)17-23)39(37,38)24-10-7-6-8-11-24/h6-13,15-17,22H,5,14,18-19H2,1-4H3,(H,32,36)/t22-/m1/s1. The Morgan fingerprint density at radius 1 is 0.923 bits per heavy atom. The predicted molar refractivity (Wildman–Crippen MR) is 157 cm³/mol. The number of hydrogen-bond donors (Lipinski definition) is 1. The van der Waals surface area contributed by atoms with Crippen molar-refractivity contribution in [2.45, 2.75) is 51.6 Å². The summed E-state index contributed by atoms with van der Waals surface area (Å²) in [6.07, 6.45) is 0.721. The smallest absolute Gasteiger partial charge is 0.264 e. The summed E-state index contributed by atoms with van der Waals surface area (Å²) in [7, 11) is -4.13. The molecule has 208 valence electrons. The van der Waals surface area contributed by atoms with Crippen LogP contribution in [0.4, 0.5) is 5.69 Å². The molecule has 1 N–H and O–H groups in total. The molecule has 3 rings (SSSR count). The molecule has 0 saturated heterocycles. The summed E-state index contributed by atoms with van der Waals surface area (Å²) >= 11 is 12.8. The lowest BCUT2D eigenvalue weighted by atomic mass is 10.1. The van der Waals surface area contributed by atoms with Crippen LogP contribution in [0.5, 0.6) is 0 Å². The molecule has 0 aliphatic heterocycles. The van der Waals surface area contributed by atoms with Crippen LogP contribution >= 0.6 is 23.2 Å². The molecule has 3 aromatic rings. The van der Waals surface area contributed by atoms with Crippen LogP contribution in [0, 0.1) is 13.8 Å². The van der Waals surface area contributed by atoms with Crippen molar-refractivity contribution in [1.29, 1.82) is 0 Å². The minimum atomic E-state index is -4.13. The maximum atomic E-state index is 14.0. The van der Waals surface area contributed by atoms with Gasteiger partial charge in [0.25, 0.3) is 10.0 Å². The van der Waals surface area contributed by atoms with Gasteiger partial charge in [-0.2, -0.15) is 0 Å². The molecule has 0 aromatic heterocycles. The second kappa shape index (κ2) is 13.3. The number of aryl methyl sites for hydroxylation is 2. The van der Waals surface area contributed by atoms with Crippen molar-refractivity contribution in [3.8, 4) is 0 Å². The van der Waals surface area contributed by atoms with Crippen LogP contribution in [0.2, 0.25) is 10.0 Å². The maximum Gasteiger partial charge on any atom is 0.264 e. The number of benzene rings is 3. The highest BCUT2D eigenvalue weighted by Crippen LogP contribution is 2.29. The summed E-state index contributed by atoms with van der Waals surface area (Å²) in [6.45, 7) is 7.07. The first-order chi connectivity index (χ1) is 18.4. The third-order valence-electron chi connectivity index (χ3n) is 6.21. The molecule has 0 aliphatic rings. The molecule has 2 amide bonds. The fraction of sp³-hybridized carbons (Fsp3) is 0.310. The largest absolute Gasteiger partial charge is 0.354 e. The third-order valence-corrected chi connectivity index (χ3v) is 8.71. The first kappa shape index (κ1) is 30.5. The number of nitrogens with zero attached hydrogens (tertiary/aromatic N) is 2. The van der Waals surface area contributed by atoms with Gasteiger partial charge in [0.05, 0.1) is 10.6 Å². The van der Waals surface area contributed by atoms with Crippen molar-refractivity contribution >= 4 is 50.7 Å². The number of nitrogens with one attached hydrogen (secondary N) is 1. The monoisotopic (exact) mass is 589 g/mol. The van der Waals surface area contributed by atoms with Gasteiger partial charge in [-0.3, -0.25) is 13.9 Å². The highest BCUT2D eigenvalue weighted by atomic mass is 35.5. The molecule has 0 heterocycles. The van der Waals surface area contributed by atoms with Gasteiger partial charge in [-0.25, -0.2) is 8.42 Å². The van der Waals surface area contributed by atoms with Crippen molar-refractivity contribution in [3.05, 3.63) is 93.5 Å². The van der Waals surface area contributed by atoms with Crippen molar-refractivity contribution in [3.63, 3.8) is 0 Å². The van der Waals surface area contributed by atoms with Crippen LogP contribution in [0.1, 0.15) is 37.0 Å². The molecule has 0 spiro atoms. The Balaban J connectivity index is 2.08. The van der Waals surface area contributed by atoms with Gasteiger partial charge in [0.15, 0.2) is 0 Å². The molecule has 0 saturated carbocycles. The summed E-state index contributed by atoms with van der Waals surface area (Å²) in [5.41, 5.74) is 2.51. The molecule has 1 atom stereocenters. The minimum Gasteiger partial charge on any atom is -0.354 e. The molecule has 0 fully saturated rings. The Labute approximate surface area is 240 Å². The van der Waals surface area contributed by atoms with E-state index in [0.29, 0.717) is 27.8 Å². The molecular formula is C29H33Cl2N3O4S. The highest BCUT2D eigenvalue weighted by molar-refractivity contribution is 7.92. The molecule has 0 aliphatic carbocycles. The molecule has 0 bridgehead atoms. The third kappa shape index (κ3) is 7.53. The van der Waals surface area contributed by atoms with Gasteiger partial charge in [-0.15, -0.1) is 0 Å². The Bertz CT molecular complexity index is 1390. The normalized spacial score (nSPS) is 12.1. The lowest BCUT2D eigenvalue weighted by molar-refractivity contribution is -0.139. The van der Waals surface area contributed by atoms with E-state index in [-0.39, 0.29) is 17.3 Å². The molecule has 0 radical (unpaired) electrons. The van der Waals surface area contributed by atoms with E-state index in [2.05, 4.69) is 5.32 Å². The zero-order valence-corrected chi connectivity index (χ0v) is 24.8. The first-order valence-corrected chi connectivity index (χ1v) is 14.8. The number of halogens is 2. The SMILES string of the molecule is CCCNC(=O)[C@@H](C)N(Cc1c(Cl)cccc1Cl)C(=O)CN(c1cc(C)cc(C)c1)S(=O)(=O)c1ccccc1. The number of hydrogen-bond acceptors (Lipinski definition) is 4. The van der Waals surface area contributed by atoms with Gasteiger partial charge < -0.3 is 10.2 Å².